The van der Waals surface area contributed by atoms with Gasteiger partial charge in [-0.2, -0.15) is 4.31 Å². The molecule has 0 unspecified atom stereocenters. The van der Waals surface area contributed by atoms with Gasteiger partial charge >= 0.3 is 0 Å². The molecule has 12 heavy (non-hydrogen) atoms. The first-order valence-electron chi connectivity index (χ1n) is 4.14. The molecule has 1 aliphatic heterocycles. The SMILES string of the molecule is [CH2]CCS(=O)(=O)N1CCNCC1. The number of hydrogen-bond acceptors (Lipinski definition) is 3. The molecule has 0 aromatic heterocycles. The normalized spacial score (nSPS) is 21.1. The molecule has 1 rings (SSSR count). The molecule has 1 N–H and O–H groups in total. The van der Waals surface area contributed by atoms with Crippen LogP contribution in [-0.4, -0.2) is 44.7 Å². The highest BCUT2D eigenvalue weighted by atomic mass is 32.2. The molecule has 0 aromatic rings. The fraction of sp³-hybridized carbons (Fsp3) is 0.857. The summed E-state index contributed by atoms with van der Waals surface area (Å²) in [4.78, 5) is 0. The maximum absolute atomic E-state index is 11.4. The van der Waals surface area contributed by atoms with Crippen molar-refractivity contribution < 1.29 is 8.42 Å². The Balaban J connectivity index is 2.54. The second-order valence-corrected chi connectivity index (χ2v) is 4.91. The summed E-state index contributed by atoms with van der Waals surface area (Å²) in [5.41, 5.74) is 0. The monoisotopic (exact) mass is 191 g/mol. The molecular weight excluding hydrogens is 176 g/mol. The quantitative estimate of drug-likeness (QED) is 0.651. The van der Waals surface area contributed by atoms with Crippen molar-refractivity contribution in [1.82, 2.24) is 9.62 Å². The lowest BCUT2D eigenvalue weighted by Gasteiger charge is -2.26. The van der Waals surface area contributed by atoms with Crippen molar-refractivity contribution in [2.45, 2.75) is 6.42 Å². The van der Waals surface area contributed by atoms with Crippen LogP contribution in [0.25, 0.3) is 0 Å². The third kappa shape index (κ3) is 2.43. The number of sulfonamides is 1. The molecule has 5 heteroatoms. The minimum absolute atomic E-state index is 0.174. The van der Waals surface area contributed by atoms with Crippen LogP contribution in [-0.2, 0) is 10.0 Å². The van der Waals surface area contributed by atoms with E-state index in [-0.39, 0.29) is 5.75 Å². The number of nitrogens with zero attached hydrogens (tertiary/aromatic N) is 1. The van der Waals surface area contributed by atoms with Gasteiger partial charge in [0.25, 0.3) is 0 Å². The summed E-state index contributed by atoms with van der Waals surface area (Å²) in [6.07, 6.45) is 0.451. The summed E-state index contributed by atoms with van der Waals surface area (Å²) in [6, 6.07) is 0. The Bertz CT molecular complexity index is 220. The smallest absolute Gasteiger partial charge is 0.214 e. The number of nitrogens with one attached hydrogen (secondary N) is 1. The lowest BCUT2D eigenvalue weighted by Crippen LogP contribution is -2.47. The summed E-state index contributed by atoms with van der Waals surface area (Å²) in [5.74, 6) is 0.174. The first-order chi connectivity index (χ1) is 5.67. The van der Waals surface area contributed by atoms with E-state index in [2.05, 4.69) is 12.2 Å². The van der Waals surface area contributed by atoms with Crippen LogP contribution in [0.1, 0.15) is 6.42 Å². The molecule has 0 aromatic carbocycles. The summed E-state index contributed by atoms with van der Waals surface area (Å²) in [5, 5.41) is 3.11. The van der Waals surface area contributed by atoms with Crippen LogP contribution < -0.4 is 5.32 Å². The van der Waals surface area contributed by atoms with Crippen LogP contribution >= 0.6 is 0 Å². The Hall–Kier alpha value is -0.130. The van der Waals surface area contributed by atoms with Crippen molar-refractivity contribution in [3.05, 3.63) is 6.92 Å². The van der Waals surface area contributed by atoms with Gasteiger partial charge < -0.3 is 5.32 Å². The van der Waals surface area contributed by atoms with E-state index in [9.17, 15) is 8.42 Å². The van der Waals surface area contributed by atoms with E-state index in [1.807, 2.05) is 0 Å². The third-order valence-electron chi connectivity index (χ3n) is 1.87. The van der Waals surface area contributed by atoms with Gasteiger partial charge in [-0.15, -0.1) is 0 Å². The standard InChI is InChI=1S/C7H15N2O2S/c1-2-7-12(10,11)9-5-3-8-4-6-9/h8H,1-7H2. The predicted octanol–water partition coefficient (Wildman–Crippen LogP) is -0.554. The minimum Gasteiger partial charge on any atom is -0.314 e. The van der Waals surface area contributed by atoms with Crippen LogP contribution in [0.2, 0.25) is 0 Å². The Morgan fingerprint density at radius 1 is 1.33 bits per heavy atom. The molecule has 1 saturated heterocycles. The average molecular weight is 191 g/mol. The minimum atomic E-state index is -3.00. The topological polar surface area (TPSA) is 49.4 Å². The van der Waals surface area contributed by atoms with Crippen LogP contribution in [0.3, 0.4) is 0 Å². The molecule has 1 radical (unpaired) electrons. The first kappa shape index (κ1) is 9.95. The lowest BCUT2D eigenvalue weighted by atomic mass is 10.4. The van der Waals surface area contributed by atoms with E-state index in [4.69, 9.17) is 0 Å². The highest BCUT2D eigenvalue weighted by Gasteiger charge is 2.22. The zero-order valence-corrected chi connectivity index (χ0v) is 7.94. The van der Waals surface area contributed by atoms with Gasteiger partial charge in [0.1, 0.15) is 0 Å². The van der Waals surface area contributed by atoms with Gasteiger partial charge in [0.2, 0.25) is 10.0 Å². The van der Waals surface area contributed by atoms with E-state index < -0.39 is 10.0 Å². The molecule has 1 fully saturated rings. The third-order valence-corrected chi connectivity index (χ3v) is 3.83. The fourth-order valence-electron chi connectivity index (χ4n) is 1.23. The van der Waals surface area contributed by atoms with E-state index >= 15 is 0 Å². The largest absolute Gasteiger partial charge is 0.314 e. The highest BCUT2D eigenvalue weighted by molar-refractivity contribution is 7.89. The Kier molecular flexibility index (Phi) is 3.49. The zero-order valence-electron chi connectivity index (χ0n) is 7.12. The first-order valence-corrected chi connectivity index (χ1v) is 5.75. The van der Waals surface area contributed by atoms with Crippen LogP contribution in [0.4, 0.5) is 0 Å². The zero-order chi connectivity index (χ0) is 9.03. The van der Waals surface area contributed by atoms with Gasteiger partial charge in [0.05, 0.1) is 5.75 Å². The van der Waals surface area contributed by atoms with Crippen LogP contribution in [0, 0.1) is 6.92 Å². The van der Waals surface area contributed by atoms with Crippen LogP contribution in [0.5, 0.6) is 0 Å². The van der Waals surface area contributed by atoms with E-state index in [1.165, 1.54) is 4.31 Å². The molecule has 71 valence electrons. The van der Waals surface area contributed by atoms with Crippen molar-refractivity contribution in [2.24, 2.45) is 0 Å². The molecule has 0 aliphatic carbocycles. The maximum atomic E-state index is 11.4. The summed E-state index contributed by atoms with van der Waals surface area (Å²) < 4.78 is 24.4. The van der Waals surface area contributed by atoms with E-state index in [0.717, 1.165) is 13.1 Å². The van der Waals surface area contributed by atoms with Gasteiger partial charge in [-0.05, 0) is 6.42 Å². The summed E-state index contributed by atoms with van der Waals surface area (Å²) in [6.45, 7) is 6.26. The van der Waals surface area contributed by atoms with Crippen molar-refractivity contribution in [3.63, 3.8) is 0 Å². The van der Waals surface area contributed by atoms with E-state index in [0.29, 0.717) is 19.5 Å². The van der Waals surface area contributed by atoms with Gasteiger partial charge in [-0.25, -0.2) is 8.42 Å². The van der Waals surface area contributed by atoms with Crippen molar-refractivity contribution >= 4 is 10.0 Å². The molecule has 0 saturated carbocycles. The Morgan fingerprint density at radius 2 is 1.92 bits per heavy atom. The van der Waals surface area contributed by atoms with Gasteiger partial charge in [-0.1, -0.05) is 6.92 Å². The average Bonchev–Trinajstić information content (AvgIpc) is 2.06. The summed E-state index contributed by atoms with van der Waals surface area (Å²) >= 11 is 0. The molecule has 0 atom stereocenters. The van der Waals surface area contributed by atoms with Crippen molar-refractivity contribution in [1.29, 1.82) is 0 Å². The van der Waals surface area contributed by atoms with Gasteiger partial charge in [-0.3, -0.25) is 0 Å². The Labute approximate surface area is 74.0 Å². The van der Waals surface area contributed by atoms with Crippen LogP contribution in [0.15, 0.2) is 0 Å². The maximum Gasteiger partial charge on any atom is 0.214 e. The Morgan fingerprint density at radius 3 is 2.42 bits per heavy atom. The predicted molar refractivity (Wildman–Crippen MR) is 48.2 cm³/mol. The molecule has 1 heterocycles. The lowest BCUT2D eigenvalue weighted by molar-refractivity contribution is 0.360. The second-order valence-electron chi connectivity index (χ2n) is 2.82. The molecule has 1 aliphatic rings. The summed E-state index contributed by atoms with van der Waals surface area (Å²) in [7, 11) is -3.00. The fourth-order valence-corrected chi connectivity index (χ4v) is 2.60. The number of hydrogen-bond donors (Lipinski definition) is 1. The van der Waals surface area contributed by atoms with Crippen molar-refractivity contribution in [2.75, 3.05) is 31.9 Å². The molecular formula is C7H15N2O2S. The van der Waals surface area contributed by atoms with Gasteiger partial charge in [0, 0.05) is 26.2 Å². The van der Waals surface area contributed by atoms with Gasteiger partial charge in [0.15, 0.2) is 0 Å². The highest BCUT2D eigenvalue weighted by Crippen LogP contribution is 2.03. The van der Waals surface area contributed by atoms with E-state index in [1.54, 1.807) is 0 Å². The second kappa shape index (κ2) is 4.20. The molecule has 0 amide bonds. The van der Waals surface area contributed by atoms with Crippen molar-refractivity contribution in [3.8, 4) is 0 Å². The number of rotatable bonds is 3. The number of piperazine rings is 1. The molecule has 0 spiro atoms. The molecule has 4 nitrogen and oxygen atoms in total. The molecule has 0 bridgehead atoms.